The average Bonchev–Trinajstić information content (AvgIpc) is 3.11. The van der Waals surface area contributed by atoms with Gasteiger partial charge in [0.1, 0.15) is 12.4 Å². The van der Waals surface area contributed by atoms with Gasteiger partial charge in [0.05, 0.1) is 5.52 Å². The van der Waals surface area contributed by atoms with E-state index in [0.717, 1.165) is 44.3 Å². The summed E-state index contributed by atoms with van der Waals surface area (Å²) >= 11 is 0. The summed E-state index contributed by atoms with van der Waals surface area (Å²) in [6.45, 7) is 9.62. The molecule has 1 N–H and O–H groups in total. The number of piperidine rings is 3. The van der Waals surface area contributed by atoms with Crippen LogP contribution in [0.1, 0.15) is 26.2 Å². The zero-order chi connectivity index (χ0) is 20.3. The zero-order valence-electron chi connectivity index (χ0n) is 18.1. The van der Waals surface area contributed by atoms with Gasteiger partial charge in [0.25, 0.3) is 0 Å². The second-order valence-corrected chi connectivity index (χ2v) is 8.70. The third kappa shape index (κ3) is 3.86. The lowest BCUT2D eigenvalue weighted by Crippen LogP contribution is -2.43. The Morgan fingerprint density at radius 3 is 2.70 bits per heavy atom. The Kier molecular flexibility index (Phi) is 5.78. The highest BCUT2D eigenvalue weighted by Gasteiger charge is 2.28. The summed E-state index contributed by atoms with van der Waals surface area (Å²) in [6.07, 6.45) is 6.11. The molecule has 4 nitrogen and oxygen atoms in total. The molecule has 6 rings (SSSR count). The minimum Gasteiger partial charge on any atom is -0.489 e. The van der Waals surface area contributed by atoms with Crippen molar-refractivity contribution in [2.24, 2.45) is 5.92 Å². The van der Waals surface area contributed by atoms with E-state index in [2.05, 4.69) is 70.2 Å². The molecular formula is C26H33N3O. The van der Waals surface area contributed by atoms with Gasteiger partial charge in [-0.05, 0) is 75.6 Å². The molecule has 3 aliphatic heterocycles. The maximum Gasteiger partial charge on any atom is 0.121 e. The molecule has 4 heterocycles. The molecule has 3 saturated heterocycles. The van der Waals surface area contributed by atoms with Crippen LogP contribution in [0.4, 0.5) is 0 Å². The third-order valence-electron chi connectivity index (χ3n) is 6.84. The van der Waals surface area contributed by atoms with E-state index in [1.54, 1.807) is 5.57 Å². The predicted molar refractivity (Wildman–Crippen MR) is 125 cm³/mol. The van der Waals surface area contributed by atoms with Gasteiger partial charge in [-0.15, -0.1) is 0 Å². The zero-order valence-corrected chi connectivity index (χ0v) is 18.1. The molecule has 0 spiro atoms. The van der Waals surface area contributed by atoms with Gasteiger partial charge in [0, 0.05) is 35.4 Å². The lowest BCUT2D eigenvalue weighted by Gasteiger charge is -2.41. The van der Waals surface area contributed by atoms with E-state index in [1.165, 1.54) is 47.7 Å². The van der Waals surface area contributed by atoms with Crippen molar-refractivity contribution in [1.29, 1.82) is 0 Å². The van der Waals surface area contributed by atoms with Crippen molar-refractivity contribution in [3.63, 3.8) is 0 Å². The van der Waals surface area contributed by atoms with Gasteiger partial charge in [0.2, 0.25) is 0 Å². The number of hydrogen-bond donors (Lipinski definition) is 1. The molecule has 30 heavy (non-hydrogen) atoms. The number of ether oxygens (including phenoxy) is 1. The maximum absolute atomic E-state index is 6.20. The summed E-state index contributed by atoms with van der Waals surface area (Å²) in [5.41, 5.74) is 4.18. The minimum atomic E-state index is 0.672. The molecule has 158 valence electrons. The third-order valence-corrected chi connectivity index (χ3v) is 6.84. The molecule has 3 fully saturated rings. The van der Waals surface area contributed by atoms with Crippen LogP contribution >= 0.6 is 0 Å². The maximum atomic E-state index is 6.20. The van der Waals surface area contributed by atoms with Crippen molar-refractivity contribution in [3.8, 4) is 5.75 Å². The second-order valence-electron chi connectivity index (χ2n) is 8.70. The van der Waals surface area contributed by atoms with Crippen molar-refractivity contribution < 1.29 is 4.74 Å². The summed E-state index contributed by atoms with van der Waals surface area (Å²) in [7, 11) is 0. The highest BCUT2D eigenvalue weighted by Crippen LogP contribution is 2.33. The highest BCUT2D eigenvalue weighted by molar-refractivity contribution is 6.08. The van der Waals surface area contributed by atoms with Crippen LogP contribution in [0.3, 0.4) is 0 Å². The number of rotatable bonds is 8. The molecule has 0 saturated carbocycles. The molecule has 0 unspecified atom stereocenters. The van der Waals surface area contributed by atoms with Gasteiger partial charge in [-0.1, -0.05) is 30.7 Å². The molecule has 0 atom stereocenters. The van der Waals surface area contributed by atoms with Crippen LogP contribution in [-0.4, -0.2) is 48.8 Å². The molecule has 3 aliphatic rings. The molecule has 2 aromatic carbocycles. The molecule has 3 aromatic rings. The van der Waals surface area contributed by atoms with Gasteiger partial charge in [0.15, 0.2) is 0 Å². The number of aromatic nitrogens is 1. The van der Waals surface area contributed by atoms with E-state index in [9.17, 15) is 0 Å². The quantitative estimate of drug-likeness (QED) is 0.432. The Labute approximate surface area is 179 Å². The summed E-state index contributed by atoms with van der Waals surface area (Å²) in [4.78, 5) is 2.57. The minimum absolute atomic E-state index is 0.672. The fraction of sp³-hybridized carbons (Fsp3) is 0.462. The number of nitrogens with zero attached hydrogens (tertiary/aromatic N) is 2. The van der Waals surface area contributed by atoms with Gasteiger partial charge in [-0.3, -0.25) is 4.90 Å². The first-order valence-electron chi connectivity index (χ1n) is 11.6. The van der Waals surface area contributed by atoms with Gasteiger partial charge in [-0.2, -0.15) is 0 Å². The average molecular weight is 404 g/mol. The van der Waals surface area contributed by atoms with Crippen molar-refractivity contribution in [3.05, 3.63) is 54.1 Å². The van der Waals surface area contributed by atoms with Crippen LogP contribution in [0, 0.1) is 5.92 Å². The van der Waals surface area contributed by atoms with E-state index >= 15 is 0 Å². The first-order chi connectivity index (χ1) is 14.8. The lowest BCUT2D eigenvalue weighted by molar-refractivity contribution is 0.160. The molecular weight excluding hydrogens is 370 g/mol. The number of hydrogen-bond acceptors (Lipinski definition) is 3. The Morgan fingerprint density at radius 2 is 1.90 bits per heavy atom. The largest absolute Gasteiger partial charge is 0.489 e. The van der Waals surface area contributed by atoms with Gasteiger partial charge in [-0.25, -0.2) is 0 Å². The molecule has 4 heteroatoms. The SMILES string of the molecule is CCNCCCn1c2ccccc2c2ccc(OCC=C3CN4CCC3CC4)cc21. The predicted octanol–water partition coefficient (Wildman–Crippen LogP) is 4.82. The normalized spacial score (nSPS) is 22.4. The monoisotopic (exact) mass is 403 g/mol. The van der Waals surface area contributed by atoms with E-state index < -0.39 is 0 Å². The van der Waals surface area contributed by atoms with Crippen LogP contribution in [0.25, 0.3) is 21.8 Å². The standard InChI is InChI=1S/C26H33N3O/c1-2-27-13-5-14-29-25-7-4-3-6-23(25)24-9-8-22(18-26(24)29)30-17-12-21-19-28-15-10-20(21)11-16-28/h3-4,6-9,12,18,20,27H,2,5,10-11,13-17,19H2,1H3. The Hall–Kier alpha value is -2.30. The van der Waals surface area contributed by atoms with Crippen LogP contribution < -0.4 is 10.1 Å². The fourth-order valence-electron chi connectivity index (χ4n) is 5.22. The van der Waals surface area contributed by atoms with Crippen LogP contribution in [0.2, 0.25) is 0 Å². The van der Waals surface area contributed by atoms with Crippen LogP contribution in [0.15, 0.2) is 54.1 Å². The molecule has 0 aliphatic carbocycles. The van der Waals surface area contributed by atoms with E-state index in [0.29, 0.717) is 6.61 Å². The Morgan fingerprint density at radius 1 is 1.07 bits per heavy atom. The molecule has 1 aromatic heterocycles. The summed E-state index contributed by atoms with van der Waals surface area (Å²) < 4.78 is 8.66. The van der Waals surface area contributed by atoms with Crippen LogP contribution in [0.5, 0.6) is 5.75 Å². The Balaban J connectivity index is 1.37. The summed E-state index contributed by atoms with van der Waals surface area (Å²) in [5.74, 6) is 1.76. The summed E-state index contributed by atoms with van der Waals surface area (Å²) in [5, 5.41) is 6.09. The highest BCUT2D eigenvalue weighted by atomic mass is 16.5. The molecule has 2 bridgehead atoms. The first kappa shape index (κ1) is 19.7. The molecule has 0 radical (unpaired) electrons. The van der Waals surface area contributed by atoms with E-state index in [4.69, 9.17) is 4.74 Å². The topological polar surface area (TPSA) is 29.4 Å². The lowest BCUT2D eigenvalue weighted by atomic mass is 9.84. The number of aryl methyl sites for hydroxylation is 1. The summed E-state index contributed by atoms with van der Waals surface area (Å²) in [6, 6.07) is 15.3. The number of para-hydroxylation sites is 1. The van der Waals surface area contributed by atoms with Crippen LogP contribution in [-0.2, 0) is 6.54 Å². The Bertz CT molecular complexity index is 1040. The smallest absolute Gasteiger partial charge is 0.121 e. The number of nitrogens with one attached hydrogen (secondary N) is 1. The number of benzene rings is 2. The van der Waals surface area contributed by atoms with Crippen molar-refractivity contribution in [2.45, 2.75) is 32.7 Å². The van der Waals surface area contributed by atoms with E-state index in [1.807, 2.05) is 0 Å². The van der Waals surface area contributed by atoms with Crippen molar-refractivity contribution >= 4 is 21.8 Å². The van der Waals surface area contributed by atoms with Gasteiger partial charge >= 0.3 is 0 Å². The van der Waals surface area contributed by atoms with E-state index in [-0.39, 0.29) is 0 Å². The molecule has 0 amide bonds. The van der Waals surface area contributed by atoms with Gasteiger partial charge < -0.3 is 14.6 Å². The first-order valence-corrected chi connectivity index (χ1v) is 11.6. The fourth-order valence-corrected chi connectivity index (χ4v) is 5.22. The second kappa shape index (κ2) is 8.83. The van der Waals surface area contributed by atoms with Crippen molar-refractivity contribution in [1.82, 2.24) is 14.8 Å². The number of fused-ring (bicyclic) bond motifs is 6. The van der Waals surface area contributed by atoms with Crippen molar-refractivity contribution in [2.75, 3.05) is 39.3 Å².